The number of benzene rings is 1. The van der Waals surface area contributed by atoms with E-state index < -0.39 is 0 Å². The van der Waals surface area contributed by atoms with Gasteiger partial charge in [0.05, 0.1) is 5.69 Å². The molecule has 8 heteroatoms. The number of halogens is 1. The number of hydrogen-bond acceptors (Lipinski definition) is 5. The average Bonchev–Trinajstić information content (AvgIpc) is 2.96. The van der Waals surface area contributed by atoms with Crippen LogP contribution in [-0.2, 0) is 13.1 Å². The molecule has 0 aliphatic carbocycles. The minimum atomic E-state index is -0.171. The van der Waals surface area contributed by atoms with E-state index in [2.05, 4.69) is 25.7 Å². The first kappa shape index (κ1) is 18.0. The third kappa shape index (κ3) is 4.33. The Bertz CT molecular complexity index is 843. The van der Waals surface area contributed by atoms with E-state index in [1.165, 1.54) is 10.6 Å². The Morgan fingerprint density at radius 2 is 1.92 bits per heavy atom. The fourth-order valence-corrected chi connectivity index (χ4v) is 2.19. The lowest BCUT2D eigenvalue weighted by Crippen LogP contribution is -2.24. The van der Waals surface area contributed by atoms with Crippen LogP contribution in [0.5, 0.6) is 0 Å². The highest BCUT2D eigenvalue weighted by Gasteiger charge is 2.08. The molecule has 0 spiro atoms. The minimum Gasteiger partial charge on any atom is -0.351 e. The van der Waals surface area contributed by atoms with Crippen LogP contribution in [0, 0.1) is 0 Å². The maximum absolute atomic E-state index is 12.1. The highest BCUT2D eigenvalue weighted by Crippen LogP contribution is 2.05. The molecule has 128 valence electrons. The Morgan fingerprint density at radius 1 is 1.17 bits per heavy atom. The van der Waals surface area contributed by atoms with Crippen molar-refractivity contribution in [2.75, 3.05) is 5.32 Å². The van der Waals surface area contributed by atoms with E-state index in [4.69, 9.17) is 0 Å². The summed E-state index contributed by atoms with van der Waals surface area (Å²) in [6, 6.07) is 11.8. The summed E-state index contributed by atoms with van der Waals surface area (Å²) in [5.41, 5.74) is 1.65. The highest BCUT2D eigenvalue weighted by molar-refractivity contribution is 5.85. The number of aromatic amines is 1. The van der Waals surface area contributed by atoms with Gasteiger partial charge in [0, 0.05) is 25.2 Å². The van der Waals surface area contributed by atoms with E-state index in [-0.39, 0.29) is 18.0 Å². The summed E-state index contributed by atoms with van der Waals surface area (Å²) in [7, 11) is 0. The van der Waals surface area contributed by atoms with Gasteiger partial charge in [-0.3, -0.25) is 9.89 Å². The Kier molecular flexibility index (Phi) is 5.94. The standard InChI is InChI=1S/C16H20N6O.ClH/c1-11(2)17-10-13-8-14(23)22-16(19-13)20-15(21-22)18-9-12-6-4-3-5-7-12;/h3-8,11,17H,9-10H2,1-2H3,(H2,18,19,20,21);1H. The highest BCUT2D eigenvalue weighted by atomic mass is 35.5. The van der Waals surface area contributed by atoms with Crippen molar-refractivity contribution in [1.29, 1.82) is 0 Å². The van der Waals surface area contributed by atoms with Gasteiger partial charge in [0.1, 0.15) is 0 Å². The van der Waals surface area contributed by atoms with Crippen LogP contribution in [0.1, 0.15) is 25.1 Å². The van der Waals surface area contributed by atoms with Gasteiger partial charge in [-0.25, -0.2) is 4.98 Å². The molecule has 2 heterocycles. The topological polar surface area (TPSA) is 87.1 Å². The summed E-state index contributed by atoms with van der Waals surface area (Å²) in [5, 5.41) is 9.33. The summed E-state index contributed by atoms with van der Waals surface area (Å²) in [6.07, 6.45) is 0. The van der Waals surface area contributed by atoms with Crippen molar-refractivity contribution in [1.82, 2.24) is 24.9 Å². The third-order valence-corrected chi connectivity index (χ3v) is 3.38. The molecule has 3 N–H and O–H groups in total. The van der Waals surface area contributed by atoms with Gasteiger partial charge in [0.2, 0.25) is 5.95 Å². The molecule has 0 aliphatic heterocycles. The van der Waals surface area contributed by atoms with Gasteiger partial charge in [-0.05, 0) is 5.56 Å². The van der Waals surface area contributed by atoms with E-state index >= 15 is 0 Å². The normalized spacial score (nSPS) is 10.8. The van der Waals surface area contributed by atoms with Gasteiger partial charge >= 0.3 is 0 Å². The number of nitrogens with one attached hydrogen (secondary N) is 3. The predicted octanol–water partition coefficient (Wildman–Crippen LogP) is 1.95. The van der Waals surface area contributed by atoms with Crippen LogP contribution in [0.3, 0.4) is 0 Å². The molecular weight excluding hydrogens is 328 g/mol. The largest absolute Gasteiger partial charge is 0.351 e. The smallest absolute Gasteiger partial charge is 0.274 e. The van der Waals surface area contributed by atoms with E-state index in [1.54, 1.807) is 0 Å². The second kappa shape index (κ2) is 7.94. The van der Waals surface area contributed by atoms with Crippen LogP contribution < -0.4 is 16.2 Å². The molecule has 0 fully saturated rings. The van der Waals surface area contributed by atoms with Gasteiger partial charge < -0.3 is 10.6 Å². The molecular formula is C16H21ClN6O. The lowest BCUT2D eigenvalue weighted by molar-refractivity contribution is 0.580. The maximum atomic E-state index is 12.1. The van der Waals surface area contributed by atoms with E-state index in [0.29, 0.717) is 36.6 Å². The van der Waals surface area contributed by atoms with Crippen LogP contribution >= 0.6 is 12.4 Å². The number of aromatic nitrogens is 4. The van der Waals surface area contributed by atoms with Crippen molar-refractivity contribution in [2.45, 2.75) is 33.0 Å². The number of rotatable bonds is 6. The number of anilines is 1. The summed E-state index contributed by atoms with van der Waals surface area (Å²) in [5.74, 6) is 0.890. The number of H-pyrrole nitrogens is 1. The minimum absolute atomic E-state index is 0. The predicted molar refractivity (Wildman–Crippen MR) is 96.6 cm³/mol. The van der Waals surface area contributed by atoms with Crippen LogP contribution in [0.25, 0.3) is 5.78 Å². The van der Waals surface area contributed by atoms with Crippen molar-refractivity contribution < 1.29 is 0 Å². The molecule has 0 atom stereocenters. The van der Waals surface area contributed by atoms with Crippen molar-refractivity contribution >= 4 is 24.1 Å². The van der Waals surface area contributed by atoms with Crippen LogP contribution in [0.4, 0.5) is 5.95 Å². The Hall–Kier alpha value is -2.38. The summed E-state index contributed by atoms with van der Waals surface area (Å²) in [6.45, 7) is 5.26. The molecule has 7 nitrogen and oxygen atoms in total. The SMILES string of the molecule is CC(C)NCc1cc(=O)n2[nH]c(NCc3ccccc3)nc2n1.Cl. The van der Waals surface area contributed by atoms with Crippen molar-refractivity contribution in [3.05, 3.63) is 58.0 Å². The summed E-state index contributed by atoms with van der Waals surface area (Å²) < 4.78 is 1.34. The zero-order valence-electron chi connectivity index (χ0n) is 13.6. The first-order chi connectivity index (χ1) is 11.1. The lowest BCUT2D eigenvalue weighted by Gasteiger charge is -2.06. The Balaban J connectivity index is 0.00000208. The van der Waals surface area contributed by atoms with Crippen molar-refractivity contribution in [3.63, 3.8) is 0 Å². The number of fused-ring (bicyclic) bond motifs is 1. The zero-order valence-corrected chi connectivity index (χ0v) is 14.4. The second-order valence-corrected chi connectivity index (χ2v) is 5.67. The molecule has 0 amide bonds. The van der Waals surface area contributed by atoms with Crippen molar-refractivity contribution in [3.8, 4) is 0 Å². The molecule has 0 bridgehead atoms. The van der Waals surface area contributed by atoms with E-state index in [0.717, 1.165) is 5.56 Å². The van der Waals surface area contributed by atoms with E-state index in [1.807, 2.05) is 44.2 Å². The van der Waals surface area contributed by atoms with Crippen LogP contribution in [0.2, 0.25) is 0 Å². The fraction of sp³-hybridized carbons (Fsp3) is 0.312. The second-order valence-electron chi connectivity index (χ2n) is 5.67. The number of hydrogen-bond donors (Lipinski definition) is 3. The van der Waals surface area contributed by atoms with E-state index in [9.17, 15) is 4.79 Å². The van der Waals surface area contributed by atoms with Crippen LogP contribution in [-0.4, -0.2) is 25.6 Å². The van der Waals surface area contributed by atoms with Gasteiger partial charge in [-0.2, -0.15) is 9.50 Å². The average molecular weight is 349 g/mol. The lowest BCUT2D eigenvalue weighted by atomic mass is 10.2. The first-order valence-corrected chi connectivity index (χ1v) is 7.61. The van der Waals surface area contributed by atoms with Crippen LogP contribution in [0.15, 0.2) is 41.2 Å². The molecule has 1 aromatic carbocycles. The quantitative estimate of drug-likeness (QED) is 0.633. The molecule has 0 unspecified atom stereocenters. The molecule has 0 radical (unpaired) electrons. The monoisotopic (exact) mass is 348 g/mol. The van der Waals surface area contributed by atoms with Gasteiger partial charge in [0.25, 0.3) is 11.3 Å². The Morgan fingerprint density at radius 3 is 2.62 bits per heavy atom. The molecule has 3 aromatic rings. The number of nitrogens with zero attached hydrogens (tertiary/aromatic N) is 3. The molecule has 24 heavy (non-hydrogen) atoms. The maximum Gasteiger partial charge on any atom is 0.274 e. The zero-order chi connectivity index (χ0) is 16.2. The Labute approximate surface area is 145 Å². The summed E-state index contributed by atoms with van der Waals surface area (Å²) >= 11 is 0. The van der Waals surface area contributed by atoms with Gasteiger partial charge in [0.15, 0.2) is 0 Å². The molecule has 0 saturated heterocycles. The molecule has 0 saturated carbocycles. The molecule has 3 rings (SSSR count). The van der Waals surface area contributed by atoms with Gasteiger partial charge in [-0.15, -0.1) is 12.4 Å². The first-order valence-electron chi connectivity index (χ1n) is 7.61. The fourth-order valence-electron chi connectivity index (χ4n) is 2.19. The molecule has 0 aliphatic rings. The third-order valence-electron chi connectivity index (χ3n) is 3.38. The van der Waals surface area contributed by atoms with Crippen molar-refractivity contribution in [2.24, 2.45) is 0 Å². The van der Waals surface area contributed by atoms with Gasteiger partial charge in [-0.1, -0.05) is 44.2 Å². The molecule has 2 aromatic heterocycles. The summed E-state index contributed by atoms with van der Waals surface area (Å²) in [4.78, 5) is 20.9.